The summed E-state index contributed by atoms with van der Waals surface area (Å²) in [6.45, 7) is 4.76. The molecule has 0 fully saturated rings. The molecule has 0 aliphatic heterocycles. The molecule has 0 aromatic heterocycles. The molecular weight excluding hydrogens is 312 g/mol. The van der Waals surface area contributed by atoms with Gasteiger partial charge in [0, 0.05) is 0 Å². The van der Waals surface area contributed by atoms with Gasteiger partial charge in [-0.15, -0.1) is 0 Å². The van der Waals surface area contributed by atoms with Crippen LogP contribution in [0.25, 0.3) is 0 Å². The Morgan fingerprint density at radius 1 is 0.692 bits per heavy atom. The van der Waals surface area contributed by atoms with Crippen LogP contribution in [0.3, 0.4) is 0 Å². The Hall–Kier alpha value is -2.34. The Bertz CT molecular complexity index is 761. The molecule has 0 saturated carbocycles. The van der Waals surface area contributed by atoms with E-state index in [4.69, 9.17) is 0 Å². The Kier molecular flexibility index (Phi) is 6.28. The lowest BCUT2D eigenvalue weighted by Gasteiger charge is -2.36. The SMILES string of the molecule is C[C](Cc1ccccc1)C(C)(CCCc1ccccc1)c1ccccc1. The summed E-state index contributed by atoms with van der Waals surface area (Å²) in [7, 11) is 0. The van der Waals surface area contributed by atoms with E-state index in [0.717, 1.165) is 12.8 Å². The van der Waals surface area contributed by atoms with Crippen molar-refractivity contribution in [2.75, 3.05) is 0 Å². The largest absolute Gasteiger partial charge is 0.0622 e. The van der Waals surface area contributed by atoms with E-state index in [1.807, 2.05) is 0 Å². The normalized spacial score (nSPS) is 13.5. The maximum atomic E-state index is 2.42. The van der Waals surface area contributed by atoms with Crippen molar-refractivity contribution in [3.63, 3.8) is 0 Å². The van der Waals surface area contributed by atoms with Gasteiger partial charge in [0.25, 0.3) is 0 Å². The van der Waals surface area contributed by atoms with Gasteiger partial charge in [0.2, 0.25) is 0 Å². The van der Waals surface area contributed by atoms with E-state index in [1.165, 1.54) is 29.5 Å². The molecule has 3 aromatic carbocycles. The smallest absolute Gasteiger partial charge is 0.00126 e. The summed E-state index contributed by atoms with van der Waals surface area (Å²) >= 11 is 0. The van der Waals surface area contributed by atoms with Gasteiger partial charge in [0.05, 0.1) is 0 Å². The molecule has 0 aliphatic carbocycles. The van der Waals surface area contributed by atoms with Gasteiger partial charge in [-0.3, -0.25) is 0 Å². The Morgan fingerprint density at radius 3 is 1.77 bits per heavy atom. The molecule has 26 heavy (non-hydrogen) atoms. The van der Waals surface area contributed by atoms with Crippen molar-refractivity contribution < 1.29 is 0 Å². The molecule has 1 unspecified atom stereocenters. The van der Waals surface area contributed by atoms with Crippen LogP contribution in [0.1, 0.15) is 43.4 Å². The molecule has 0 N–H and O–H groups in total. The van der Waals surface area contributed by atoms with E-state index < -0.39 is 0 Å². The maximum Gasteiger partial charge on any atom is -0.00126 e. The molecule has 0 amide bonds. The van der Waals surface area contributed by atoms with Crippen LogP contribution in [0, 0.1) is 5.92 Å². The van der Waals surface area contributed by atoms with Gasteiger partial charge in [0.15, 0.2) is 0 Å². The van der Waals surface area contributed by atoms with Crippen LogP contribution in [-0.4, -0.2) is 0 Å². The predicted octanol–water partition coefficient (Wildman–Crippen LogP) is 6.80. The van der Waals surface area contributed by atoms with Crippen LogP contribution in [0.15, 0.2) is 91.0 Å². The van der Waals surface area contributed by atoms with E-state index in [2.05, 4.69) is 105 Å². The minimum atomic E-state index is 0.103. The molecule has 0 heterocycles. The van der Waals surface area contributed by atoms with Crippen LogP contribution in [0.4, 0.5) is 0 Å². The Labute approximate surface area is 158 Å². The third-order valence-corrected chi connectivity index (χ3v) is 5.65. The van der Waals surface area contributed by atoms with E-state index >= 15 is 0 Å². The molecule has 133 valence electrons. The molecule has 0 aliphatic rings. The number of aryl methyl sites for hydroxylation is 1. The van der Waals surface area contributed by atoms with Crippen LogP contribution in [-0.2, 0) is 18.3 Å². The first-order valence-electron chi connectivity index (χ1n) is 9.65. The quantitative estimate of drug-likeness (QED) is 0.422. The molecule has 1 radical (unpaired) electrons. The summed E-state index contributed by atoms with van der Waals surface area (Å²) in [5.74, 6) is 1.54. The minimum absolute atomic E-state index is 0.103. The third-order valence-electron chi connectivity index (χ3n) is 5.65. The summed E-state index contributed by atoms with van der Waals surface area (Å²) in [6, 6.07) is 32.7. The highest BCUT2D eigenvalue weighted by molar-refractivity contribution is 5.34. The van der Waals surface area contributed by atoms with Gasteiger partial charge in [-0.1, -0.05) is 105 Å². The van der Waals surface area contributed by atoms with Crippen molar-refractivity contribution in [3.05, 3.63) is 114 Å². The van der Waals surface area contributed by atoms with Crippen molar-refractivity contribution in [2.45, 2.75) is 44.9 Å². The second-order valence-corrected chi connectivity index (χ2v) is 7.48. The molecule has 3 aromatic rings. The average Bonchev–Trinajstić information content (AvgIpc) is 2.70. The van der Waals surface area contributed by atoms with Gasteiger partial charge in [-0.05, 0) is 53.7 Å². The zero-order valence-corrected chi connectivity index (χ0v) is 16.0. The molecular formula is C26H29. The highest BCUT2D eigenvalue weighted by atomic mass is 14.4. The lowest BCUT2D eigenvalue weighted by atomic mass is 9.67. The van der Waals surface area contributed by atoms with Gasteiger partial charge < -0.3 is 0 Å². The van der Waals surface area contributed by atoms with Crippen molar-refractivity contribution >= 4 is 0 Å². The van der Waals surface area contributed by atoms with E-state index in [9.17, 15) is 0 Å². The van der Waals surface area contributed by atoms with E-state index in [1.54, 1.807) is 5.92 Å². The van der Waals surface area contributed by atoms with Gasteiger partial charge >= 0.3 is 0 Å². The van der Waals surface area contributed by atoms with Crippen LogP contribution in [0.2, 0.25) is 0 Å². The molecule has 0 saturated heterocycles. The predicted molar refractivity (Wildman–Crippen MR) is 112 cm³/mol. The fraction of sp³-hybridized carbons (Fsp3) is 0.269. The maximum absolute atomic E-state index is 2.42. The molecule has 0 nitrogen and oxygen atoms in total. The zero-order valence-electron chi connectivity index (χ0n) is 16.0. The van der Waals surface area contributed by atoms with Crippen LogP contribution in [0.5, 0.6) is 0 Å². The van der Waals surface area contributed by atoms with Gasteiger partial charge in [0.1, 0.15) is 0 Å². The first-order valence-corrected chi connectivity index (χ1v) is 9.65. The van der Waals surface area contributed by atoms with E-state index in [-0.39, 0.29) is 5.41 Å². The standard InChI is InChI=1S/C26H29/c1-22(21-24-15-8-4-9-16-24)26(2,25-18-10-5-11-19-25)20-12-17-23-13-6-3-7-14-23/h3-11,13-16,18-19H,12,17,20-21H2,1-2H3. The Morgan fingerprint density at radius 2 is 1.19 bits per heavy atom. The van der Waals surface area contributed by atoms with Crippen molar-refractivity contribution in [3.8, 4) is 0 Å². The number of hydrogen-bond donors (Lipinski definition) is 0. The average molecular weight is 342 g/mol. The highest BCUT2D eigenvalue weighted by Crippen LogP contribution is 2.40. The topological polar surface area (TPSA) is 0 Å². The van der Waals surface area contributed by atoms with Crippen molar-refractivity contribution in [1.82, 2.24) is 0 Å². The zero-order chi connectivity index (χ0) is 18.2. The summed E-state index contributed by atoms with van der Waals surface area (Å²) < 4.78 is 0. The van der Waals surface area contributed by atoms with Gasteiger partial charge in [-0.25, -0.2) is 0 Å². The fourth-order valence-corrected chi connectivity index (χ4v) is 3.80. The van der Waals surface area contributed by atoms with Gasteiger partial charge in [-0.2, -0.15) is 0 Å². The summed E-state index contributed by atoms with van der Waals surface area (Å²) in [4.78, 5) is 0. The molecule has 3 rings (SSSR count). The fourth-order valence-electron chi connectivity index (χ4n) is 3.80. The summed E-state index contributed by atoms with van der Waals surface area (Å²) in [5, 5.41) is 0. The second kappa shape index (κ2) is 8.85. The van der Waals surface area contributed by atoms with Crippen LogP contribution < -0.4 is 0 Å². The van der Waals surface area contributed by atoms with Crippen molar-refractivity contribution in [2.24, 2.45) is 0 Å². The van der Waals surface area contributed by atoms with E-state index in [0.29, 0.717) is 0 Å². The lowest BCUT2D eigenvalue weighted by Crippen LogP contribution is -2.30. The number of benzene rings is 3. The van der Waals surface area contributed by atoms with Crippen LogP contribution >= 0.6 is 0 Å². The lowest BCUT2D eigenvalue weighted by molar-refractivity contribution is 0.424. The Balaban J connectivity index is 1.75. The molecule has 0 bridgehead atoms. The monoisotopic (exact) mass is 341 g/mol. The molecule has 0 heteroatoms. The number of hydrogen-bond acceptors (Lipinski definition) is 0. The molecule has 1 atom stereocenters. The highest BCUT2D eigenvalue weighted by Gasteiger charge is 2.32. The third kappa shape index (κ3) is 4.64. The first-order chi connectivity index (χ1) is 12.7. The second-order valence-electron chi connectivity index (χ2n) is 7.48. The first kappa shape index (κ1) is 18.5. The minimum Gasteiger partial charge on any atom is -0.0622 e. The number of rotatable bonds is 8. The van der Waals surface area contributed by atoms with Crippen molar-refractivity contribution in [1.29, 1.82) is 0 Å². The summed E-state index contributed by atoms with van der Waals surface area (Å²) in [5.41, 5.74) is 4.37. The molecule has 0 spiro atoms. The summed E-state index contributed by atoms with van der Waals surface area (Å²) in [6.07, 6.45) is 4.55.